The topological polar surface area (TPSA) is 109 Å². The monoisotopic (exact) mass is 402 g/mol. The van der Waals surface area contributed by atoms with Crippen LogP contribution in [0.15, 0.2) is 36.4 Å². The molecule has 1 aliphatic carbocycles. The van der Waals surface area contributed by atoms with Crippen molar-refractivity contribution in [3.8, 4) is 0 Å². The SMILES string of the molecule is O=[N+]([O-])c1cc(Cl)c(Nc2cc(C3CC3)[nH]n2)nc1NCc1ccc(F)cc1. The summed E-state index contributed by atoms with van der Waals surface area (Å²) in [6, 6.07) is 8.94. The average molecular weight is 403 g/mol. The Balaban J connectivity index is 1.56. The van der Waals surface area contributed by atoms with Gasteiger partial charge in [0.25, 0.3) is 0 Å². The third kappa shape index (κ3) is 4.04. The summed E-state index contributed by atoms with van der Waals surface area (Å²) in [7, 11) is 0. The number of pyridine rings is 1. The molecular weight excluding hydrogens is 387 g/mol. The molecule has 0 bridgehead atoms. The van der Waals surface area contributed by atoms with Crippen LogP contribution in [-0.4, -0.2) is 20.1 Å². The predicted molar refractivity (Wildman–Crippen MR) is 103 cm³/mol. The fourth-order valence-electron chi connectivity index (χ4n) is 2.75. The van der Waals surface area contributed by atoms with Gasteiger partial charge >= 0.3 is 5.69 Å². The van der Waals surface area contributed by atoms with Crippen molar-refractivity contribution >= 4 is 34.7 Å². The lowest BCUT2D eigenvalue weighted by atomic mass is 10.2. The number of benzene rings is 1. The Morgan fingerprint density at radius 3 is 2.68 bits per heavy atom. The number of aromatic nitrogens is 3. The summed E-state index contributed by atoms with van der Waals surface area (Å²) >= 11 is 6.17. The van der Waals surface area contributed by atoms with Crippen molar-refractivity contribution in [2.45, 2.75) is 25.3 Å². The molecule has 2 aromatic heterocycles. The van der Waals surface area contributed by atoms with Crippen molar-refractivity contribution in [3.05, 3.63) is 68.6 Å². The lowest BCUT2D eigenvalue weighted by Crippen LogP contribution is -2.07. The van der Waals surface area contributed by atoms with Crippen LogP contribution in [0.4, 0.5) is 27.5 Å². The summed E-state index contributed by atoms with van der Waals surface area (Å²) in [6.07, 6.45) is 2.27. The molecule has 3 N–H and O–H groups in total. The number of anilines is 3. The van der Waals surface area contributed by atoms with Crippen LogP contribution in [0.1, 0.15) is 30.0 Å². The number of H-pyrrole nitrogens is 1. The molecule has 1 aliphatic rings. The standard InChI is InChI=1S/C18H16ClFN6O2/c19-13-7-15(26(27)28)18(21-9-10-1-5-12(20)6-2-10)23-17(13)22-16-8-14(24-25-16)11-3-4-11/h1-2,5-8,11H,3-4,9H2,(H3,21,22,23,24,25). The summed E-state index contributed by atoms with van der Waals surface area (Å²) in [6.45, 7) is 0.240. The van der Waals surface area contributed by atoms with Gasteiger partial charge in [-0.25, -0.2) is 9.37 Å². The van der Waals surface area contributed by atoms with Crippen molar-refractivity contribution in [1.29, 1.82) is 0 Å². The van der Waals surface area contributed by atoms with Gasteiger partial charge in [0.1, 0.15) is 5.82 Å². The first kappa shape index (κ1) is 18.2. The van der Waals surface area contributed by atoms with Crippen LogP contribution in [0.5, 0.6) is 0 Å². The highest BCUT2D eigenvalue weighted by Gasteiger charge is 2.26. The van der Waals surface area contributed by atoms with E-state index in [1.54, 1.807) is 12.1 Å². The highest BCUT2D eigenvalue weighted by Crippen LogP contribution is 2.40. The molecule has 0 saturated heterocycles. The largest absolute Gasteiger partial charge is 0.360 e. The van der Waals surface area contributed by atoms with E-state index < -0.39 is 4.92 Å². The predicted octanol–water partition coefficient (Wildman–Crippen LogP) is 4.74. The molecule has 2 heterocycles. The van der Waals surface area contributed by atoms with Crippen molar-refractivity contribution in [2.75, 3.05) is 10.6 Å². The maximum Gasteiger partial charge on any atom is 0.313 e. The van der Waals surface area contributed by atoms with Crippen LogP contribution in [0.2, 0.25) is 5.02 Å². The van der Waals surface area contributed by atoms with E-state index >= 15 is 0 Å². The number of aromatic amines is 1. The van der Waals surface area contributed by atoms with E-state index in [2.05, 4.69) is 25.8 Å². The number of nitro groups is 1. The Kier molecular flexibility index (Phi) is 4.82. The van der Waals surface area contributed by atoms with Crippen LogP contribution in [0.3, 0.4) is 0 Å². The van der Waals surface area contributed by atoms with Crippen molar-refractivity contribution < 1.29 is 9.31 Å². The summed E-state index contributed by atoms with van der Waals surface area (Å²) in [4.78, 5) is 15.1. The number of hydrogen-bond acceptors (Lipinski definition) is 6. The second kappa shape index (κ2) is 7.43. The Morgan fingerprint density at radius 1 is 1.25 bits per heavy atom. The quantitative estimate of drug-likeness (QED) is 0.389. The molecule has 0 radical (unpaired) electrons. The third-order valence-electron chi connectivity index (χ3n) is 4.39. The molecular formula is C18H16ClFN6O2. The second-order valence-electron chi connectivity index (χ2n) is 6.53. The molecule has 3 aromatic rings. The van der Waals surface area contributed by atoms with Gasteiger partial charge in [-0.1, -0.05) is 23.7 Å². The van der Waals surface area contributed by atoms with Gasteiger partial charge in [-0.3, -0.25) is 15.2 Å². The Labute approximate surface area is 164 Å². The summed E-state index contributed by atoms with van der Waals surface area (Å²) in [5.41, 5.74) is 1.54. The highest BCUT2D eigenvalue weighted by atomic mass is 35.5. The molecule has 0 atom stereocenters. The summed E-state index contributed by atoms with van der Waals surface area (Å²) in [5.74, 6) is 1.00. The van der Waals surface area contributed by atoms with E-state index in [1.807, 2.05) is 6.07 Å². The molecule has 4 rings (SSSR count). The molecule has 0 aliphatic heterocycles. The summed E-state index contributed by atoms with van der Waals surface area (Å²) < 4.78 is 13.0. The molecule has 8 nitrogen and oxygen atoms in total. The van der Waals surface area contributed by atoms with E-state index in [0.29, 0.717) is 11.7 Å². The first-order valence-electron chi connectivity index (χ1n) is 8.65. The minimum absolute atomic E-state index is 0.0548. The third-order valence-corrected chi connectivity index (χ3v) is 4.68. The molecule has 28 heavy (non-hydrogen) atoms. The minimum atomic E-state index is -0.560. The van der Waals surface area contributed by atoms with Crippen LogP contribution in [0, 0.1) is 15.9 Å². The van der Waals surface area contributed by atoms with Crippen LogP contribution in [-0.2, 0) is 6.54 Å². The molecule has 10 heteroatoms. The first-order chi connectivity index (χ1) is 13.5. The zero-order chi connectivity index (χ0) is 19.7. The zero-order valence-electron chi connectivity index (χ0n) is 14.6. The van der Waals surface area contributed by atoms with Gasteiger partial charge in [0, 0.05) is 30.3 Å². The molecule has 0 unspecified atom stereocenters. The number of rotatable bonds is 7. The number of nitrogens with zero attached hydrogens (tertiary/aromatic N) is 3. The Morgan fingerprint density at radius 2 is 2.00 bits per heavy atom. The molecule has 1 aromatic carbocycles. The van der Waals surface area contributed by atoms with E-state index in [0.717, 1.165) is 24.1 Å². The Bertz CT molecular complexity index is 1020. The van der Waals surface area contributed by atoms with Gasteiger partial charge in [-0.05, 0) is 30.5 Å². The maximum absolute atomic E-state index is 13.0. The fourth-order valence-corrected chi connectivity index (χ4v) is 2.94. The lowest BCUT2D eigenvalue weighted by molar-refractivity contribution is -0.384. The number of hydrogen-bond donors (Lipinski definition) is 3. The molecule has 1 saturated carbocycles. The summed E-state index contributed by atoms with van der Waals surface area (Å²) in [5, 5.41) is 24.5. The van der Waals surface area contributed by atoms with Gasteiger partial charge in [-0.2, -0.15) is 5.10 Å². The van der Waals surface area contributed by atoms with Crippen LogP contribution < -0.4 is 10.6 Å². The first-order valence-corrected chi connectivity index (χ1v) is 9.03. The van der Waals surface area contributed by atoms with E-state index in [1.165, 1.54) is 18.2 Å². The van der Waals surface area contributed by atoms with Crippen LogP contribution in [0.25, 0.3) is 0 Å². The lowest BCUT2D eigenvalue weighted by Gasteiger charge is -2.10. The van der Waals surface area contributed by atoms with Crippen LogP contribution >= 0.6 is 11.6 Å². The smallest absolute Gasteiger partial charge is 0.313 e. The molecule has 0 spiro atoms. The van der Waals surface area contributed by atoms with Gasteiger partial charge in [-0.15, -0.1) is 0 Å². The number of nitrogens with one attached hydrogen (secondary N) is 3. The van der Waals surface area contributed by atoms with Gasteiger partial charge in [0.15, 0.2) is 11.6 Å². The van der Waals surface area contributed by atoms with E-state index in [4.69, 9.17) is 11.6 Å². The normalized spacial score (nSPS) is 13.4. The molecule has 1 fully saturated rings. The van der Waals surface area contributed by atoms with Gasteiger partial charge < -0.3 is 10.6 Å². The number of halogens is 2. The zero-order valence-corrected chi connectivity index (χ0v) is 15.3. The van der Waals surface area contributed by atoms with Gasteiger partial charge in [0.05, 0.1) is 9.95 Å². The minimum Gasteiger partial charge on any atom is -0.360 e. The van der Waals surface area contributed by atoms with Crippen molar-refractivity contribution in [3.63, 3.8) is 0 Å². The second-order valence-corrected chi connectivity index (χ2v) is 6.94. The van der Waals surface area contributed by atoms with E-state index in [9.17, 15) is 14.5 Å². The van der Waals surface area contributed by atoms with Crippen molar-refractivity contribution in [1.82, 2.24) is 15.2 Å². The molecule has 0 amide bonds. The van der Waals surface area contributed by atoms with Crippen molar-refractivity contribution in [2.24, 2.45) is 0 Å². The van der Waals surface area contributed by atoms with Gasteiger partial charge in [0.2, 0.25) is 5.82 Å². The Hall–Kier alpha value is -3.20. The highest BCUT2D eigenvalue weighted by molar-refractivity contribution is 6.33. The average Bonchev–Trinajstić information content (AvgIpc) is 3.42. The van der Waals surface area contributed by atoms with E-state index in [-0.39, 0.29) is 34.7 Å². The fraction of sp³-hybridized carbons (Fsp3) is 0.222. The maximum atomic E-state index is 13.0. The molecule has 144 valence electrons.